The van der Waals surface area contributed by atoms with Crippen LogP contribution in [-0.2, 0) is 13.1 Å². The number of hydrogen-bond acceptors (Lipinski definition) is 2. The molecule has 0 atom stereocenters. The van der Waals surface area contributed by atoms with E-state index < -0.39 is 17.5 Å². The van der Waals surface area contributed by atoms with Crippen LogP contribution in [0.3, 0.4) is 0 Å². The van der Waals surface area contributed by atoms with Gasteiger partial charge in [-0.15, -0.1) is 0 Å². The highest BCUT2D eigenvalue weighted by molar-refractivity contribution is 5.54. The lowest BCUT2D eigenvalue weighted by Gasteiger charge is -2.24. The van der Waals surface area contributed by atoms with E-state index in [0.717, 1.165) is 43.0 Å². The molecule has 3 rings (SSSR count). The Bertz CT molecular complexity index is 635. The third kappa shape index (κ3) is 2.88. The molecule has 0 bridgehead atoms. The van der Waals surface area contributed by atoms with Gasteiger partial charge in [0, 0.05) is 31.9 Å². The molecule has 0 amide bonds. The van der Waals surface area contributed by atoms with Crippen molar-refractivity contribution in [3.8, 4) is 0 Å². The van der Waals surface area contributed by atoms with Crippen LogP contribution in [0.25, 0.3) is 0 Å². The molecule has 2 aromatic carbocycles. The summed E-state index contributed by atoms with van der Waals surface area (Å²) in [4.78, 5) is 2.04. The quantitative estimate of drug-likeness (QED) is 0.855. The van der Waals surface area contributed by atoms with Crippen LogP contribution in [0.15, 0.2) is 36.4 Å². The summed E-state index contributed by atoms with van der Waals surface area (Å²) in [5, 5.41) is 3.30. The maximum atomic E-state index is 13.3. The molecule has 1 heterocycles. The largest absolute Gasteiger partial charge is 0.366 e. The molecule has 5 heteroatoms. The molecule has 0 saturated carbocycles. The number of anilines is 1. The van der Waals surface area contributed by atoms with Crippen LogP contribution in [0, 0.1) is 17.5 Å². The van der Waals surface area contributed by atoms with Crippen molar-refractivity contribution in [3.05, 3.63) is 65.0 Å². The first-order chi connectivity index (χ1) is 10.1. The molecule has 2 nitrogen and oxygen atoms in total. The summed E-state index contributed by atoms with van der Waals surface area (Å²) in [7, 11) is 0. The molecule has 21 heavy (non-hydrogen) atoms. The van der Waals surface area contributed by atoms with Crippen LogP contribution < -0.4 is 10.2 Å². The third-order valence-electron chi connectivity index (χ3n) is 3.62. The third-order valence-corrected chi connectivity index (χ3v) is 3.62. The normalized spacial score (nSPS) is 14.7. The molecule has 0 radical (unpaired) electrons. The zero-order valence-corrected chi connectivity index (χ0v) is 11.4. The average Bonchev–Trinajstić information content (AvgIpc) is 2.67. The Kier molecular flexibility index (Phi) is 3.84. The zero-order chi connectivity index (χ0) is 14.8. The monoisotopic (exact) mass is 292 g/mol. The van der Waals surface area contributed by atoms with Crippen LogP contribution in [0.4, 0.5) is 18.9 Å². The maximum Gasteiger partial charge on any atom is 0.194 e. The zero-order valence-electron chi connectivity index (χ0n) is 11.4. The predicted molar refractivity (Wildman–Crippen MR) is 75.5 cm³/mol. The summed E-state index contributed by atoms with van der Waals surface area (Å²) in [6, 6.07) is 10.0. The molecule has 110 valence electrons. The summed E-state index contributed by atoms with van der Waals surface area (Å²) in [6.07, 6.45) is 0. The second-order valence-corrected chi connectivity index (χ2v) is 5.10. The molecule has 0 fully saturated rings. The van der Waals surface area contributed by atoms with Crippen LogP contribution in [0.5, 0.6) is 0 Å². The summed E-state index contributed by atoms with van der Waals surface area (Å²) < 4.78 is 39.7. The fraction of sp³-hybridized carbons (Fsp3) is 0.250. The topological polar surface area (TPSA) is 15.3 Å². The molecular weight excluding hydrogens is 277 g/mol. The van der Waals surface area contributed by atoms with Gasteiger partial charge in [-0.2, -0.15) is 0 Å². The Balaban J connectivity index is 1.91. The maximum absolute atomic E-state index is 13.3. The van der Waals surface area contributed by atoms with E-state index in [2.05, 4.69) is 5.32 Å². The van der Waals surface area contributed by atoms with E-state index in [1.54, 1.807) is 0 Å². The van der Waals surface area contributed by atoms with Crippen molar-refractivity contribution in [2.24, 2.45) is 0 Å². The first-order valence-electron chi connectivity index (χ1n) is 6.82. The van der Waals surface area contributed by atoms with Gasteiger partial charge in [-0.05, 0) is 29.3 Å². The summed E-state index contributed by atoms with van der Waals surface area (Å²) in [5.41, 5.74) is 2.59. The summed E-state index contributed by atoms with van der Waals surface area (Å²) in [5.74, 6) is -3.71. The molecule has 1 aliphatic heterocycles. The number of nitrogens with one attached hydrogen (secondary N) is 1. The minimum Gasteiger partial charge on any atom is -0.366 e. The smallest absolute Gasteiger partial charge is 0.194 e. The van der Waals surface area contributed by atoms with Crippen molar-refractivity contribution in [2.45, 2.75) is 13.1 Å². The van der Waals surface area contributed by atoms with E-state index in [4.69, 9.17) is 0 Å². The van der Waals surface area contributed by atoms with Crippen molar-refractivity contribution in [1.29, 1.82) is 0 Å². The Labute approximate surface area is 121 Å². The van der Waals surface area contributed by atoms with Crippen LogP contribution in [-0.4, -0.2) is 13.1 Å². The lowest BCUT2D eigenvalue weighted by molar-refractivity contribution is 0.445. The van der Waals surface area contributed by atoms with Gasteiger partial charge >= 0.3 is 0 Å². The van der Waals surface area contributed by atoms with E-state index in [-0.39, 0.29) is 0 Å². The van der Waals surface area contributed by atoms with Crippen molar-refractivity contribution in [1.82, 2.24) is 5.32 Å². The Hall–Kier alpha value is -2.01. The van der Waals surface area contributed by atoms with Gasteiger partial charge in [0.25, 0.3) is 0 Å². The van der Waals surface area contributed by atoms with E-state index >= 15 is 0 Å². The highest BCUT2D eigenvalue weighted by Crippen LogP contribution is 2.24. The summed E-state index contributed by atoms with van der Waals surface area (Å²) >= 11 is 0. The number of rotatable bonds is 2. The molecule has 1 aliphatic rings. The minimum absolute atomic E-state index is 0.340. The first-order valence-corrected chi connectivity index (χ1v) is 6.82. The molecule has 0 aromatic heterocycles. The van der Waals surface area contributed by atoms with Crippen molar-refractivity contribution < 1.29 is 13.2 Å². The lowest BCUT2D eigenvalue weighted by Crippen LogP contribution is -2.28. The van der Waals surface area contributed by atoms with Gasteiger partial charge in [0.1, 0.15) is 0 Å². The molecule has 0 spiro atoms. The van der Waals surface area contributed by atoms with Gasteiger partial charge < -0.3 is 10.2 Å². The van der Waals surface area contributed by atoms with Crippen LogP contribution in [0.2, 0.25) is 0 Å². The minimum atomic E-state index is -1.42. The Morgan fingerprint density at radius 2 is 1.76 bits per heavy atom. The Morgan fingerprint density at radius 3 is 2.52 bits per heavy atom. The first kappa shape index (κ1) is 13.9. The SMILES string of the molecule is Fc1cc(CN2CCNCc3ccccc32)cc(F)c1F. The number of halogens is 3. The van der Waals surface area contributed by atoms with Gasteiger partial charge in [0.15, 0.2) is 17.5 Å². The molecule has 0 unspecified atom stereocenters. The van der Waals surface area contributed by atoms with E-state index in [9.17, 15) is 13.2 Å². The molecular formula is C16H15F3N2. The predicted octanol–water partition coefficient (Wildman–Crippen LogP) is 3.21. The second kappa shape index (κ2) is 5.77. The van der Waals surface area contributed by atoms with Crippen LogP contribution in [0.1, 0.15) is 11.1 Å². The average molecular weight is 292 g/mol. The molecule has 0 aliphatic carbocycles. The van der Waals surface area contributed by atoms with Crippen molar-refractivity contribution in [2.75, 3.05) is 18.0 Å². The molecule has 1 N–H and O–H groups in total. The number of hydrogen-bond donors (Lipinski definition) is 1. The lowest BCUT2D eigenvalue weighted by atomic mass is 10.1. The molecule has 2 aromatic rings. The van der Waals surface area contributed by atoms with Gasteiger partial charge in [-0.25, -0.2) is 13.2 Å². The van der Waals surface area contributed by atoms with E-state index in [0.29, 0.717) is 12.1 Å². The van der Waals surface area contributed by atoms with E-state index in [1.807, 2.05) is 29.2 Å². The Morgan fingerprint density at radius 1 is 1.05 bits per heavy atom. The van der Waals surface area contributed by atoms with Crippen molar-refractivity contribution in [3.63, 3.8) is 0 Å². The van der Waals surface area contributed by atoms with Gasteiger partial charge in [-0.1, -0.05) is 18.2 Å². The fourth-order valence-corrected chi connectivity index (χ4v) is 2.61. The summed E-state index contributed by atoms with van der Waals surface area (Å²) in [6.45, 7) is 2.60. The standard InChI is InChI=1S/C16H15F3N2/c17-13-7-11(8-14(18)16(13)19)10-21-6-5-20-9-12-3-1-2-4-15(12)21/h1-4,7-8,20H,5-6,9-10H2. The van der Waals surface area contributed by atoms with Gasteiger partial charge in [0.2, 0.25) is 0 Å². The van der Waals surface area contributed by atoms with Gasteiger partial charge in [-0.3, -0.25) is 0 Å². The van der Waals surface area contributed by atoms with Crippen LogP contribution >= 0.6 is 0 Å². The second-order valence-electron chi connectivity index (χ2n) is 5.10. The number of nitrogens with zero attached hydrogens (tertiary/aromatic N) is 1. The highest BCUT2D eigenvalue weighted by atomic mass is 19.2. The van der Waals surface area contributed by atoms with E-state index in [1.165, 1.54) is 0 Å². The number of fused-ring (bicyclic) bond motifs is 1. The number of para-hydroxylation sites is 1. The molecule has 0 saturated heterocycles. The highest BCUT2D eigenvalue weighted by Gasteiger charge is 2.17. The van der Waals surface area contributed by atoms with Crippen molar-refractivity contribution >= 4 is 5.69 Å². The fourth-order valence-electron chi connectivity index (χ4n) is 2.61. The number of benzene rings is 2. The van der Waals surface area contributed by atoms with Gasteiger partial charge in [0.05, 0.1) is 0 Å².